The van der Waals surface area contributed by atoms with Crippen LogP contribution >= 0.6 is 0 Å². The molecule has 0 saturated carbocycles. The molecule has 1 N–H and O–H groups in total. The van der Waals surface area contributed by atoms with Crippen molar-refractivity contribution in [1.82, 2.24) is 24.1 Å². The molecule has 0 spiro atoms. The summed E-state index contributed by atoms with van der Waals surface area (Å²) in [5, 5.41) is 3.69. The molecule has 152 valence electrons. The van der Waals surface area contributed by atoms with Gasteiger partial charge in [0.15, 0.2) is 11.2 Å². The van der Waals surface area contributed by atoms with Crippen LogP contribution in [0.3, 0.4) is 0 Å². The highest BCUT2D eigenvalue weighted by atomic mass is 19.4. The molecule has 3 aromatic rings. The van der Waals surface area contributed by atoms with E-state index in [1.807, 2.05) is 0 Å². The number of halogens is 3. The number of benzene rings is 1. The minimum Gasteiger partial charge on any atom is -0.315 e. The van der Waals surface area contributed by atoms with E-state index in [0.717, 1.165) is 16.7 Å². The molecular formula is C17H15F3N6O3. The number of rotatable bonds is 4. The zero-order valence-corrected chi connectivity index (χ0v) is 15.3. The highest BCUT2D eigenvalue weighted by Gasteiger charge is 2.29. The molecule has 0 radical (unpaired) electrons. The van der Waals surface area contributed by atoms with E-state index in [1.54, 1.807) is 0 Å². The van der Waals surface area contributed by atoms with Gasteiger partial charge in [0, 0.05) is 14.1 Å². The van der Waals surface area contributed by atoms with Crippen molar-refractivity contribution in [1.29, 1.82) is 0 Å². The number of aromatic nitrogens is 4. The number of carbonyl (C=O) groups excluding carboxylic acids is 1. The van der Waals surface area contributed by atoms with Gasteiger partial charge >= 0.3 is 11.9 Å². The van der Waals surface area contributed by atoms with Gasteiger partial charge in [-0.3, -0.25) is 18.7 Å². The normalized spacial score (nSPS) is 12.0. The van der Waals surface area contributed by atoms with Gasteiger partial charge in [-0.1, -0.05) is 12.1 Å². The van der Waals surface area contributed by atoms with Crippen molar-refractivity contribution in [3.05, 3.63) is 62.6 Å². The lowest BCUT2D eigenvalue weighted by molar-refractivity contribution is -0.137. The third-order valence-corrected chi connectivity index (χ3v) is 4.17. The van der Waals surface area contributed by atoms with E-state index < -0.39 is 28.9 Å². The Hall–Kier alpha value is -3.70. The number of aryl methyl sites for hydroxylation is 1. The summed E-state index contributed by atoms with van der Waals surface area (Å²) >= 11 is 0. The summed E-state index contributed by atoms with van der Waals surface area (Å²) in [5.41, 5.74) is 0.867. The van der Waals surface area contributed by atoms with Crippen LogP contribution in [-0.4, -0.2) is 30.8 Å². The van der Waals surface area contributed by atoms with E-state index in [0.29, 0.717) is 5.56 Å². The zero-order chi connectivity index (χ0) is 21.3. The maximum absolute atomic E-state index is 12.5. The number of imidazole rings is 1. The number of hydrazone groups is 1. The molecule has 12 heteroatoms. The summed E-state index contributed by atoms with van der Waals surface area (Å²) in [4.78, 5) is 40.3. The number of alkyl halides is 3. The highest BCUT2D eigenvalue weighted by Crippen LogP contribution is 2.28. The molecule has 0 saturated heterocycles. The zero-order valence-electron chi connectivity index (χ0n) is 15.3. The minimum atomic E-state index is -4.43. The predicted octanol–water partition coefficient (Wildman–Crippen LogP) is 0.603. The standard InChI is InChI=1S/C17H15F3N6O3/c1-24-14-13(15(28)25(2)16(24)29)26(9-21-14)8-12(27)23-22-7-10-3-5-11(6-4-10)17(18,19)20/h3-7,9H,8H2,1-2H3,(H,23,27). The van der Waals surface area contributed by atoms with E-state index in [2.05, 4.69) is 15.5 Å². The Labute approximate surface area is 160 Å². The first kappa shape index (κ1) is 20.0. The van der Waals surface area contributed by atoms with Gasteiger partial charge in [0.2, 0.25) is 0 Å². The van der Waals surface area contributed by atoms with Crippen LogP contribution in [0.15, 0.2) is 45.3 Å². The number of nitrogens with zero attached hydrogens (tertiary/aromatic N) is 5. The molecular weight excluding hydrogens is 393 g/mol. The molecule has 1 amide bonds. The van der Waals surface area contributed by atoms with Crippen molar-refractivity contribution >= 4 is 23.3 Å². The van der Waals surface area contributed by atoms with Crippen molar-refractivity contribution in [3.63, 3.8) is 0 Å². The highest BCUT2D eigenvalue weighted by molar-refractivity contribution is 5.83. The van der Waals surface area contributed by atoms with Crippen LogP contribution in [0.4, 0.5) is 13.2 Å². The molecule has 29 heavy (non-hydrogen) atoms. The van der Waals surface area contributed by atoms with Crippen LogP contribution in [0.2, 0.25) is 0 Å². The van der Waals surface area contributed by atoms with E-state index in [4.69, 9.17) is 0 Å². The number of nitrogens with one attached hydrogen (secondary N) is 1. The molecule has 0 unspecified atom stereocenters. The maximum atomic E-state index is 12.5. The Morgan fingerprint density at radius 3 is 2.45 bits per heavy atom. The molecule has 0 bridgehead atoms. The number of amides is 1. The molecule has 0 aliphatic heterocycles. The fourth-order valence-electron chi connectivity index (χ4n) is 2.64. The Kier molecular flexibility index (Phi) is 5.10. The lowest BCUT2D eigenvalue weighted by Gasteiger charge is -2.06. The van der Waals surface area contributed by atoms with Gasteiger partial charge in [-0.25, -0.2) is 15.2 Å². The second-order valence-corrected chi connectivity index (χ2v) is 6.16. The summed E-state index contributed by atoms with van der Waals surface area (Å²) in [7, 11) is 2.77. The summed E-state index contributed by atoms with van der Waals surface area (Å²) in [5.74, 6) is -0.594. The van der Waals surface area contributed by atoms with Gasteiger partial charge in [-0.15, -0.1) is 0 Å². The molecule has 2 aromatic heterocycles. The molecule has 9 nitrogen and oxygen atoms in total. The van der Waals surface area contributed by atoms with Gasteiger partial charge < -0.3 is 4.57 Å². The van der Waals surface area contributed by atoms with Gasteiger partial charge in [0.25, 0.3) is 11.5 Å². The van der Waals surface area contributed by atoms with Crippen LogP contribution in [-0.2, 0) is 31.6 Å². The lowest BCUT2D eigenvalue weighted by atomic mass is 10.1. The van der Waals surface area contributed by atoms with Gasteiger partial charge in [-0.2, -0.15) is 18.3 Å². The lowest BCUT2D eigenvalue weighted by Crippen LogP contribution is -2.38. The Bertz CT molecular complexity index is 1220. The summed E-state index contributed by atoms with van der Waals surface area (Å²) in [6.45, 7) is -0.297. The SMILES string of the molecule is Cn1c(=O)c2c(ncn2CC(=O)NN=Cc2ccc(C(F)(F)F)cc2)n(C)c1=O. The molecule has 0 atom stereocenters. The first-order valence-electron chi connectivity index (χ1n) is 8.19. The Balaban J connectivity index is 1.73. The smallest absolute Gasteiger partial charge is 0.315 e. The third kappa shape index (κ3) is 3.95. The van der Waals surface area contributed by atoms with Crippen molar-refractivity contribution in [2.75, 3.05) is 0 Å². The number of hydrogen-bond donors (Lipinski definition) is 1. The largest absolute Gasteiger partial charge is 0.416 e. The van der Waals surface area contributed by atoms with E-state index >= 15 is 0 Å². The molecule has 2 heterocycles. The van der Waals surface area contributed by atoms with Crippen molar-refractivity contribution in [3.8, 4) is 0 Å². The molecule has 0 fully saturated rings. The summed E-state index contributed by atoms with van der Waals surface area (Å²) in [6.07, 6.45) is -1.99. The second-order valence-electron chi connectivity index (χ2n) is 6.16. The quantitative estimate of drug-likeness (QED) is 0.504. The first-order chi connectivity index (χ1) is 13.6. The monoisotopic (exact) mass is 408 g/mol. The minimum absolute atomic E-state index is 0.0801. The molecule has 1 aromatic carbocycles. The van der Waals surface area contributed by atoms with Gasteiger partial charge in [0.1, 0.15) is 6.54 Å². The number of hydrogen-bond acceptors (Lipinski definition) is 5. The Morgan fingerprint density at radius 2 is 1.83 bits per heavy atom. The van der Waals surface area contributed by atoms with Crippen molar-refractivity contribution in [2.45, 2.75) is 12.7 Å². The fraction of sp³-hybridized carbons (Fsp3) is 0.235. The predicted molar refractivity (Wildman–Crippen MR) is 97.4 cm³/mol. The Morgan fingerprint density at radius 1 is 1.17 bits per heavy atom. The first-order valence-corrected chi connectivity index (χ1v) is 8.19. The van der Waals surface area contributed by atoms with Crippen molar-refractivity contribution in [2.24, 2.45) is 19.2 Å². The fourth-order valence-corrected chi connectivity index (χ4v) is 2.64. The summed E-state index contributed by atoms with van der Waals surface area (Å²) in [6, 6.07) is 4.24. The average molecular weight is 408 g/mol. The number of fused-ring (bicyclic) bond motifs is 1. The van der Waals surface area contributed by atoms with Crippen LogP contribution in [0.5, 0.6) is 0 Å². The van der Waals surface area contributed by atoms with Crippen LogP contribution < -0.4 is 16.7 Å². The van der Waals surface area contributed by atoms with Gasteiger partial charge in [-0.05, 0) is 17.7 Å². The second kappa shape index (κ2) is 7.37. The van der Waals surface area contributed by atoms with Gasteiger partial charge in [0.05, 0.1) is 18.1 Å². The number of carbonyl (C=O) groups is 1. The van der Waals surface area contributed by atoms with Crippen LogP contribution in [0, 0.1) is 0 Å². The molecule has 3 rings (SSSR count). The third-order valence-electron chi connectivity index (χ3n) is 4.17. The molecule has 0 aliphatic carbocycles. The average Bonchev–Trinajstić information content (AvgIpc) is 3.08. The van der Waals surface area contributed by atoms with Crippen molar-refractivity contribution < 1.29 is 18.0 Å². The van der Waals surface area contributed by atoms with Crippen LogP contribution in [0.1, 0.15) is 11.1 Å². The maximum Gasteiger partial charge on any atom is 0.416 e. The van der Waals surface area contributed by atoms with E-state index in [9.17, 15) is 27.6 Å². The van der Waals surface area contributed by atoms with E-state index in [1.165, 1.54) is 47.9 Å². The van der Waals surface area contributed by atoms with E-state index in [-0.39, 0.29) is 17.7 Å². The topological polar surface area (TPSA) is 103 Å². The molecule has 0 aliphatic rings. The van der Waals surface area contributed by atoms with Crippen LogP contribution in [0.25, 0.3) is 11.2 Å². The summed E-state index contributed by atoms with van der Waals surface area (Å²) < 4.78 is 41.0.